The average Bonchev–Trinajstić information content (AvgIpc) is 2.55. The van der Waals surface area contributed by atoms with E-state index in [9.17, 15) is 24.3 Å². The van der Waals surface area contributed by atoms with Gasteiger partial charge in [0, 0.05) is 23.4 Å². The van der Waals surface area contributed by atoms with Crippen LogP contribution in [0.25, 0.3) is 0 Å². The minimum atomic E-state index is -1.10. The summed E-state index contributed by atoms with van der Waals surface area (Å²) in [5, 5.41) is 11.9. The van der Waals surface area contributed by atoms with Crippen molar-refractivity contribution in [3.05, 3.63) is 62.1 Å². The molecule has 0 unspecified atom stereocenters. The third kappa shape index (κ3) is 3.60. The monoisotopic (exact) mass is 382 g/mol. The summed E-state index contributed by atoms with van der Waals surface area (Å²) in [5.41, 5.74) is 1.51. The highest BCUT2D eigenvalue weighted by Crippen LogP contribution is 2.33. The second-order valence-electron chi connectivity index (χ2n) is 8.09. The van der Waals surface area contributed by atoms with Gasteiger partial charge in [-0.1, -0.05) is 19.9 Å². The molecule has 146 valence electrons. The Morgan fingerprint density at radius 2 is 1.71 bits per heavy atom. The van der Waals surface area contributed by atoms with E-state index in [2.05, 4.69) is 10.3 Å². The number of aromatic carboxylic acids is 1. The van der Waals surface area contributed by atoms with Crippen LogP contribution in [0.5, 0.6) is 0 Å². The predicted octanol–water partition coefficient (Wildman–Crippen LogP) is 3.10. The molecule has 0 aliphatic heterocycles. The van der Waals surface area contributed by atoms with Gasteiger partial charge in [-0.25, -0.2) is 4.79 Å². The molecular formula is C21H22N2O5. The number of carbonyl (C=O) groups excluding carboxylic acids is 2. The number of pyridine rings is 1. The largest absolute Gasteiger partial charge is 0.478 e. The van der Waals surface area contributed by atoms with Crippen molar-refractivity contribution >= 4 is 23.3 Å². The number of anilines is 1. The number of hydrogen-bond acceptors (Lipinski definition) is 4. The van der Waals surface area contributed by atoms with Crippen molar-refractivity contribution in [2.45, 2.75) is 40.5 Å². The third-order valence-electron chi connectivity index (χ3n) is 5.01. The minimum absolute atomic E-state index is 0.0673. The number of aromatic nitrogens is 1. The molecule has 2 aromatic rings. The van der Waals surface area contributed by atoms with Gasteiger partial charge in [0.1, 0.15) is 5.56 Å². The minimum Gasteiger partial charge on any atom is -0.478 e. The summed E-state index contributed by atoms with van der Waals surface area (Å²) in [6, 6.07) is 4.36. The van der Waals surface area contributed by atoms with Gasteiger partial charge in [0.05, 0.1) is 5.56 Å². The number of carboxylic acids is 1. The molecule has 1 aromatic carbocycles. The number of rotatable bonds is 3. The molecule has 0 atom stereocenters. The summed E-state index contributed by atoms with van der Waals surface area (Å²) in [5.74, 6) is -1.91. The van der Waals surface area contributed by atoms with E-state index in [0.717, 1.165) is 0 Å². The van der Waals surface area contributed by atoms with Crippen LogP contribution in [0.15, 0.2) is 23.0 Å². The maximum Gasteiger partial charge on any atom is 0.336 e. The Bertz CT molecular complexity index is 1080. The molecule has 1 aromatic heterocycles. The van der Waals surface area contributed by atoms with Crippen molar-refractivity contribution in [3.8, 4) is 0 Å². The van der Waals surface area contributed by atoms with Gasteiger partial charge in [-0.2, -0.15) is 0 Å². The molecule has 1 aliphatic carbocycles. The highest BCUT2D eigenvalue weighted by molar-refractivity contribution is 6.07. The van der Waals surface area contributed by atoms with Crippen LogP contribution >= 0.6 is 0 Å². The highest BCUT2D eigenvalue weighted by atomic mass is 16.4. The number of aryl methyl sites for hydroxylation is 2. The number of amides is 1. The number of carbonyl (C=O) groups is 3. The van der Waals surface area contributed by atoms with Crippen molar-refractivity contribution in [3.63, 3.8) is 0 Å². The van der Waals surface area contributed by atoms with Crippen LogP contribution in [0.2, 0.25) is 0 Å². The summed E-state index contributed by atoms with van der Waals surface area (Å²) < 4.78 is 0. The standard InChI is InChI=1S/C21H22N2O5/c1-10-5-11(2)15(7-12(10)20(27)28)22-18(25)14-6-13-16(23-19(14)26)8-21(3,4)9-17(13)24/h5-7H,8-9H2,1-4H3,(H,22,25)(H,23,26)(H,27,28). The number of aromatic amines is 1. The molecule has 3 rings (SSSR count). The molecule has 0 saturated heterocycles. The predicted molar refractivity (Wildman–Crippen MR) is 104 cm³/mol. The van der Waals surface area contributed by atoms with Crippen LogP contribution in [0.1, 0.15) is 68.2 Å². The van der Waals surface area contributed by atoms with Gasteiger partial charge in [0.15, 0.2) is 5.78 Å². The molecule has 7 nitrogen and oxygen atoms in total. The molecule has 28 heavy (non-hydrogen) atoms. The first-order chi connectivity index (χ1) is 13.0. The van der Waals surface area contributed by atoms with Crippen LogP contribution in [-0.4, -0.2) is 27.8 Å². The lowest BCUT2D eigenvalue weighted by Crippen LogP contribution is -2.33. The lowest BCUT2D eigenvalue weighted by Gasteiger charge is -2.29. The highest BCUT2D eigenvalue weighted by Gasteiger charge is 2.32. The fourth-order valence-corrected chi connectivity index (χ4v) is 3.60. The van der Waals surface area contributed by atoms with E-state index in [1.54, 1.807) is 19.9 Å². The van der Waals surface area contributed by atoms with E-state index in [4.69, 9.17) is 0 Å². The Morgan fingerprint density at radius 3 is 2.36 bits per heavy atom. The molecule has 3 N–H and O–H groups in total. The molecule has 1 amide bonds. The Kier molecular flexibility index (Phi) is 4.71. The SMILES string of the molecule is Cc1cc(C)c(C(=O)O)cc1NC(=O)c1cc2c([nH]c1=O)CC(C)(C)CC2=O. The summed E-state index contributed by atoms with van der Waals surface area (Å²) >= 11 is 0. The van der Waals surface area contributed by atoms with Gasteiger partial charge < -0.3 is 15.4 Å². The molecule has 0 spiro atoms. The van der Waals surface area contributed by atoms with E-state index in [0.29, 0.717) is 40.9 Å². The molecule has 0 radical (unpaired) electrons. The Hall–Kier alpha value is -3.22. The zero-order chi connectivity index (χ0) is 20.8. The van der Waals surface area contributed by atoms with Crippen LogP contribution in [0.4, 0.5) is 5.69 Å². The van der Waals surface area contributed by atoms with E-state index in [-0.39, 0.29) is 22.3 Å². The van der Waals surface area contributed by atoms with Gasteiger partial charge >= 0.3 is 5.97 Å². The Labute approximate surface area is 161 Å². The second-order valence-corrected chi connectivity index (χ2v) is 8.09. The number of nitrogens with one attached hydrogen (secondary N) is 2. The first kappa shape index (κ1) is 19.5. The Balaban J connectivity index is 1.98. The summed E-state index contributed by atoms with van der Waals surface area (Å²) in [6.07, 6.45) is 0.885. The maximum atomic E-state index is 12.7. The number of carboxylic acid groups (broad SMARTS) is 1. The van der Waals surface area contributed by atoms with Crippen molar-refractivity contribution in [1.29, 1.82) is 0 Å². The molecule has 0 saturated carbocycles. The zero-order valence-corrected chi connectivity index (χ0v) is 16.2. The fraction of sp³-hybridized carbons (Fsp3) is 0.333. The van der Waals surface area contributed by atoms with E-state index in [1.165, 1.54) is 12.1 Å². The van der Waals surface area contributed by atoms with E-state index in [1.807, 2.05) is 13.8 Å². The summed E-state index contributed by atoms with van der Waals surface area (Å²) in [6.45, 7) is 7.31. The number of benzene rings is 1. The van der Waals surface area contributed by atoms with Gasteiger partial charge in [-0.3, -0.25) is 14.4 Å². The molecule has 1 aliphatic rings. The van der Waals surface area contributed by atoms with Crippen molar-refractivity contribution in [1.82, 2.24) is 4.98 Å². The van der Waals surface area contributed by atoms with Crippen LogP contribution in [0, 0.1) is 19.3 Å². The third-order valence-corrected chi connectivity index (χ3v) is 5.01. The van der Waals surface area contributed by atoms with E-state index < -0.39 is 17.4 Å². The lowest BCUT2D eigenvalue weighted by molar-refractivity contribution is 0.0695. The van der Waals surface area contributed by atoms with Crippen LogP contribution < -0.4 is 10.9 Å². The fourth-order valence-electron chi connectivity index (χ4n) is 3.60. The number of hydrogen-bond donors (Lipinski definition) is 3. The summed E-state index contributed by atoms with van der Waals surface area (Å²) in [4.78, 5) is 51.6. The molecule has 7 heteroatoms. The van der Waals surface area contributed by atoms with Crippen molar-refractivity contribution in [2.75, 3.05) is 5.32 Å². The van der Waals surface area contributed by atoms with Gasteiger partial charge in [-0.05, 0) is 48.9 Å². The quantitative estimate of drug-likeness (QED) is 0.754. The van der Waals surface area contributed by atoms with E-state index >= 15 is 0 Å². The number of fused-ring (bicyclic) bond motifs is 1. The van der Waals surface area contributed by atoms with Crippen molar-refractivity contribution in [2.24, 2.45) is 5.41 Å². The normalized spacial score (nSPS) is 15.1. The van der Waals surface area contributed by atoms with Gasteiger partial charge in [0.2, 0.25) is 0 Å². The lowest BCUT2D eigenvalue weighted by atomic mass is 9.75. The maximum absolute atomic E-state index is 12.7. The number of Topliss-reactive ketones (excluding diaryl/α,β-unsaturated/α-hetero) is 1. The average molecular weight is 382 g/mol. The molecular weight excluding hydrogens is 360 g/mol. The molecule has 0 fully saturated rings. The molecule has 1 heterocycles. The zero-order valence-electron chi connectivity index (χ0n) is 16.2. The first-order valence-electron chi connectivity index (χ1n) is 8.94. The number of H-pyrrole nitrogens is 1. The van der Waals surface area contributed by atoms with Crippen molar-refractivity contribution < 1.29 is 19.5 Å². The first-order valence-corrected chi connectivity index (χ1v) is 8.94. The summed E-state index contributed by atoms with van der Waals surface area (Å²) in [7, 11) is 0. The smallest absolute Gasteiger partial charge is 0.336 e. The van der Waals surface area contributed by atoms with Gasteiger partial charge in [-0.15, -0.1) is 0 Å². The topological polar surface area (TPSA) is 116 Å². The Morgan fingerprint density at radius 1 is 1.04 bits per heavy atom. The second kappa shape index (κ2) is 6.74. The van der Waals surface area contributed by atoms with Gasteiger partial charge in [0.25, 0.3) is 11.5 Å². The molecule has 0 bridgehead atoms. The van der Waals surface area contributed by atoms with Crippen LogP contribution in [-0.2, 0) is 6.42 Å². The van der Waals surface area contributed by atoms with Crippen LogP contribution in [0.3, 0.4) is 0 Å². The number of ketones is 1.